The fourth-order valence-electron chi connectivity index (χ4n) is 1.70. The number of hydrogen-bond donors (Lipinski definition) is 1. The average Bonchev–Trinajstić information content (AvgIpc) is 2.65. The van der Waals surface area contributed by atoms with Crippen LogP contribution in [0, 0.1) is 13.8 Å². The summed E-state index contributed by atoms with van der Waals surface area (Å²) in [6.07, 6.45) is 2.58. The molecule has 0 aliphatic rings. The molecule has 2 aromatic heterocycles. The van der Waals surface area contributed by atoms with Crippen molar-refractivity contribution in [2.75, 3.05) is 11.9 Å². The number of hydrogen-bond acceptors (Lipinski definition) is 4. The van der Waals surface area contributed by atoms with Gasteiger partial charge in [-0.1, -0.05) is 6.92 Å². The Kier molecular flexibility index (Phi) is 4.57. The highest BCUT2D eigenvalue weighted by Crippen LogP contribution is 2.29. The summed E-state index contributed by atoms with van der Waals surface area (Å²) in [4.78, 5) is 8.55. The predicted molar refractivity (Wildman–Crippen MR) is 82.8 cm³/mol. The topological polar surface area (TPSA) is 55.6 Å². The van der Waals surface area contributed by atoms with E-state index in [1.807, 2.05) is 18.5 Å². The van der Waals surface area contributed by atoms with Gasteiger partial charge in [0, 0.05) is 6.54 Å². The summed E-state index contributed by atoms with van der Waals surface area (Å²) in [6, 6.07) is 0. The molecule has 102 valence electrons. The average molecular weight is 389 g/mol. The summed E-state index contributed by atoms with van der Waals surface area (Å²) >= 11 is 7.08. The van der Waals surface area contributed by atoms with Crippen molar-refractivity contribution in [3.63, 3.8) is 0 Å². The van der Waals surface area contributed by atoms with Gasteiger partial charge in [0.2, 0.25) is 0 Å². The first-order valence-electron chi connectivity index (χ1n) is 6.02. The minimum absolute atomic E-state index is 0.736. The van der Waals surface area contributed by atoms with Gasteiger partial charge in [0.1, 0.15) is 16.6 Å². The van der Waals surface area contributed by atoms with Crippen molar-refractivity contribution in [2.45, 2.75) is 27.2 Å². The molecule has 0 fully saturated rings. The van der Waals surface area contributed by atoms with Gasteiger partial charge in [-0.3, -0.25) is 0 Å². The fraction of sp³-hybridized carbons (Fsp3) is 0.417. The molecule has 2 aromatic rings. The number of aromatic nitrogens is 4. The van der Waals surface area contributed by atoms with Gasteiger partial charge in [-0.25, -0.2) is 14.6 Å². The van der Waals surface area contributed by atoms with Crippen LogP contribution in [0.15, 0.2) is 15.3 Å². The SMILES string of the molecule is CCCNc1ncnc(-n2nc(C)c(Br)c2C)c1Br. The second-order valence-electron chi connectivity index (χ2n) is 4.18. The summed E-state index contributed by atoms with van der Waals surface area (Å²) in [5.74, 6) is 1.52. The third kappa shape index (κ3) is 2.81. The summed E-state index contributed by atoms with van der Waals surface area (Å²) < 4.78 is 3.63. The lowest BCUT2D eigenvalue weighted by Gasteiger charge is -2.10. The second-order valence-corrected chi connectivity index (χ2v) is 5.77. The normalized spacial score (nSPS) is 10.8. The van der Waals surface area contributed by atoms with E-state index < -0.39 is 0 Å². The lowest BCUT2D eigenvalue weighted by atomic mass is 10.4. The van der Waals surface area contributed by atoms with Crippen LogP contribution in [0.3, 0.4) is 0 Å². The van der Waals surface area contributed by atoms with Gasteiger partial charge in [0.25, 0.3) is 0 Å². The van der Waals surface area contributed by atoms with E-state index in [-0.39, 0.29) is 0 Å². The van der Waals surface area contributed by atoms with E-state index in [1.165, 1.54) is 0 Å². The van der Waals surface area contributed by atoms with Crippen LogP contribution in [0.25, 0.3) is 5.82 Å². The quantitative estimate of drug-likeness (QED) is 0.868. The number of nitrogens with one attached hydrogen (secondary N) is 1. The molecule has 0 aromatic carbocycles. The molecule has 0 saturated carbocycles. The number of nitrogens with zero attached hydrogens (tertiary/aromatic N) is 4. The largest absolute Gasteiger partial charge is 0.369 e. The molecular weight excluding hydrogens is 374 g/mol. The molecule has 0 aliphatic heterocycles. The van der Waals surface area contributed by atoms with E-state index in [2.05, 4.69) is 59.2 Å². The van der Waals surface area contributed by atoms with Crippen LogP contribution >= 0.6 is 31.9 Å². The molecule has 0 atom stereocenters. The van der Waals surface area contributed by atoms with Crippen LogP contribution in [0.5, 0.6) is 0 Å². The molecule has 5 nitrogen and oxygen atoms in total. The van der Waals surface area contributed by atoms with Crippen LogP contribution in [-0.4, -0.2) is 26.3 Å². The molecular formula is C12H15Br2N5. The Morgan fingerprint density at radius 2 is 1.95 bits per heavy atom. The van der Waals surface area contributed by atoms with Gasteiger partial charge in [0.15, 0.2) is 5.82 Å². The summed E-state index contributed by atoms with van der Waals surface area (Å²) in [5.41, 5.74) is 1.95. The first kappa shape index (κ1) is 14.5. The van der Waals surface area contributed by atoms with E-state index in [0.29, 0.717) is 0 Å². The van der Waals surface area contributed by atoms with E-state index in [0.717, 1.165) is 44.9 Å². The Morgan fingerprint density at radius 1 is 1.21 bits per heavy atom. The van der Waals surface area contributed by atoms with Crippen molar-refractivity contribution < 1.29 is 0 Å². The van der Waals surface area contributed by atoms with Crippen molar-refractivity contribution in [3.05, 3.63) is 26.7 Å². The van der Waals surface area contributed by atoms with E-state index in [9.17, 15) is 0 Å². The maximum Gasteiger partial charge on any atom is 0.173 e. The summed E-state index contributed by atoms with van der Waals surface area (Å²) in [6.45, 7) is 6.94. The van der Waals surface area contributed by atoms with Crippen LogP contribution < -0.4 is 5.32 Å². The molecule has 2 heterocycles. The molecule has 0 radical (unpaired) electrons. The minimum atomic E-state index is 0.736. The Bertz CT molecular complexity index is 594. The van der Waals surface area contributed by atoms with Crippen LogP contribution in [-0.2, 0) is 0 Å². The zero-order chi connectivity index (χ0) is 14.0. The van der Waals surface area contributed by atoms with Crippen molar-refractivity contribution in [1.29, 1.82) is 0 Å². The highest BCUT2D eigenvalue weighted by molar-refractivity contribution is 9.11. The summed E-state index contributed by atoms with van der Waals surface area (Å²) in [5, 5.41) is 7.75. The molecule has 1 N–H and O–H groups in total. The first-order chi connectivity index (χ1) is 9.06. The third-order valence-corrected chi connectivity index (χ3v) is 4.59. The van der Waals surface area contributed by atoms with E-state index in [1.54, 1.807) is 6.33 Å². The second kappa shape index (κ2) is 6.00. The van der Waals surface area contributed by atoms with Gasteiger partial charge in [-0.05, 0) is 52.1 Å². The Labute approximate surface area is 129 Å². The maximum absolute atomic E-state index is 4.48. The Balaban J connectivity index is 2.47. The zero-order valence-electron chi connectivity index (χ0n) is 11.0. The Hall–Kier alpha value is -0.950. The van der Waals surface area contributed by atoms with E-state index in [4.69, 9.17) is 0 Å². The highest BCUT2D eigenvalue weighted by atomic mass is 79.9. The maximum atomic E-state index is 4.48. The van der Waals surface area contributed by atoms with E-state index >= 15 is 0 Å². The molecule has 0 amide bonds. The third-order valence-electron chi connectivity index (χ3n) is 2.72. The number of halogens is 2. The van der Waals surface area contributed by atoms with Gasteiger partial charge >= 0.3 is 0 Å². The molecule has 7 heteroatoms. The van der Waals surface area contributed by atoms with Crippen LogP contribution in [0.1, 0.15) is 24.7 Å². The standard InChI is InChI=1S/C12H15Br2N5/c1-4-5-15-11-10(14)12(17-6-16-11)19-8(3)9(13)7(2)18-19/h6H,4-5H2,1-3H3,(H,15,16,17). The lowest BCUT2D eigenvalue weighted by Crippen LogP contribution is -2.08. The molecule has 0 saturated heterocycles. The molecule has 0 bridgehead atoms. The van der Waals surface area contributed by atoms with Crippen LogP contribution in [0.2, 0.25) is 0 Å². The van der Waals surface area contributed by atoms with Gasteiger partial charge in [0.05, 0.1) is 15.9 Å². The fourth-order valence-corrected chi connectivity index (χ4v) is 2.46. The number of anilines is 1. The first-order valence-corrected chi connectivity index (χ1v) is 7.61. The van der Waals surface area contributed by atoms with Gasteiger partial charge < -0.3 is 5.32 Å². The smallest absolute Gasteiger partial charge is 0.173 e. The molecule has 0 aliphatic carbocycles. The Morgan fingerprint density at radius 3 is 2.53 bits per heavy atom. The zero-order valence-corrected chi connectivity index (χ0v) is 14.2. The van der Waals surface area contributed by atoms with Gasteiger partial charge in [-0.2, -0.15) is 5.10 Å². The number of rotatable bonds is 4. The van der Waals surface area contributed by atoms with Gasteiger partial charge in [-0.15, -0.1) is 0 Å². The molecule has 19 heavy (non-hydrogen) atoms. The van der Waals surface area contributed by atoms with Crippen molar-refractivity contribution in [3.8, 4) is 5.82 Å². The lowest BCUT2D eigenvalue weighted by molar-refractivity contribution is 0.795. The highest BCUT2D eigenvalue weighted by Gasteiger charge is 2.16. The summed E-state index contributed by atoms with van der Waals surface area (Å²) in [7, 11) is 0. The molecule has 0 spiro atoms. The molecule has 0 unspecified atom stereocenters. The van der Waals surface area contributed by atoms with Crippen molar-refractivity contribution in [1.82, 2.24) is 19.7 Å². The minimum Gasteiger partial charge on any atom is -0.369 e. The predicted octanol–water partition coefficient (Wildman–Crippen LogP) is 3.63. The monoisotopic (exact) mass is 387 g/mol. The van der Waals surface area contributed by atoms with Crippen LogP contribution in [0.4, 0.5) is 5.82 Å². The van der Waals surface area contributed by atoms with Crippen molar-refractivity contribution in [2.24, 2.45) is 0 Å². The number of aryl methyl sites for hydroxylation is 1. The molecule has 2 rings (SSSR count). The van der Waals surface area contributed by atoms with Crippen molar-refractivity contribution >= 4 is 37.7 Å².